The van der Waals surface area contributed by atoms with Crippen LogP contribution in [0.25, 0.3) is 11.5 Å². The molecule has 23 heavy (non-hydrogen) atoms. The SMILES string of the molecule is CN(Cc1nnc(-c2ccccc2)o1)C(=O)c1ccccc1F. The summed E-state index contributed by atoms with van der Waals surface area (Å²) < 4.78 is 19.2. The van der Waals surface area contributed by atoms with Gasteiger partial charge < -0.3 is 9.32 Å². The van der Waals surface area contributed by atoms with Gasteiger partial charge in [-0.15, -0.1) is 10.2 Å². The monoisotopic (exact) mass is 311 g/mol. The van der Waals surface area contributed by atoms with Gasteiger partial charge in [-0.1, -0.05) is 30.3 Å². The van der Waals surface area contributed by atoms with E-state index in [4.69, 9.17) is 4.42 Å². The molecule has 0 spiro atoms. The molecule has 0 fully saturated rings. The van der Waals surface area contributed by atoms with Crippen molar-refractivity contribution in [2.75, 3.05) is 7.05 Å². The first kappa shape index (κ1) is 14.9. The van der Waals surface area contributed by atoms with Gasteiger partial charge in [-0.25, -0.2) is 4.39 Å². The smallest absolute Gasteiger partial charge is 0.257 e. The number of benzene rings is 2. The Hall–Kier alpha value is -3.02. The molecule has 0 aliphatic heterocycles. The standard InChI is InChI=1S/C17H14FN3O2/c1-21(17(22)13-9-5-6-10-14(13)18)11-15-19-20-16(23-15)12-7-3-2-4-8-12/h2-10H,11H2,1H3. The maximum Gasteiger partial charge on any atom is 0.257 e. The van der Waals surface area contributed by atoms with E-state index < -0.39 is 11.7 Å². The second-order valence-corrected chi connectivity index (χ2v) is 5.01. The van der Waals surface area contributed by atoms with Crippen molar-refractivity contribution in [2.45, 2.75) is 6.54 Å². The first-order chi connectivity index (χ1) is 11.1. The van der Waals surface area contributed by atoms with Crippen molar-refractivity contribution in [1.29, 1.82) is 0 Å². The zero-order valence-corrected chi connectivity index (χ0v) is 12.4. The number of carbonyl (C=O) groups excluding carboxylic acids is 1. The van der Waals surface area contributed by atoms with E-state index in [1.807, 2.05) is 30.3 Å². The molecule has 3 rings (SSSR count). The summed E-state index contributed by atoms with van der Waals surface area (Å²) in [4.78, 5) is 13.6. The van der Waals surface area contributed by atoms with E-state index in [1.165, 1.54) is 23.1 Å². The van der Waals surface area contributed by atoms with Crippen LogP contribution in [0.1, 0.15) is 16.2 Å². The maximum atomic E-state index is 13.7. The summed E-state index contributed by atoms with van der Waals surface area (Å²) in [5.74, 6) is -0.328. The molecule has 6 heteroatoms. The highest BCUT2D eigenvalue weighted by Crippen LogP contribution is 2.18. The summed E-state index contributed by atoms with van der Waals surface area (Å²) in [5.41, 5.74) is 0.812. The zero-order valence-electron chi connectivity index (χ0n) is 12.4. The van der Waals surface area contributed by atoms with Crippen molar-refractivity contribution in [1.82, 2.24) is 15.1 Å². The number of nitrogens with zero attached hydrogens (tertiary/aromatic N) is 3. The van der Waals surface area contributed by atoms with E-state index in [0.717, 1.165) is 5.56 Å². The Morgan fingerprint density at radius 1 is 1.09 bits per heavy atom. The van der Waals surface area contributed by atoms with Gasteiger partial charge in [-0.3, -0.25) is 4.79 Å². The van der Waals surface area contributed by atoms with Crippen LogP contribution < -0.4 is 0 Å². The molecule has 1 heterocycles. The molecule has 0 bridgehead atoms. The van der Waals surface area contributed by atoms with Crippen LogP contribution in [0.5, 0.6) is 0 Å². The highest BCUT2D eigenvalue weighted by Gasteiger charge is 2.18. The number of amides is 1. The van der Waals surface area contributed by atoms with Crippen molar-refractivity contribution in [3.05, 3.63) is 71.9 Å². The van der Waals surface area contributed by atoms with Crippen molar-refractivity contribution in [3.63, 3.8) is 0 Å². The number of hydrogen-bond acceptors (Lipinski definition) is 4. The zero-order chi connectivity index (χ0) is 16.2. The average molecular weight is 311 g/mol. The molecule has 1 aromatic heterocycles. The molecule has 0 N–H and O–H groups in total. The molecule has 3 aromatic rings. The average Bonchev–Trinajstić information content (AvgIpc) is 3.04. The number of aromatic nitrogens is 2. The molecule has 0 aliphatic carbocycles. The fourth-order valence-corrected chi connectivity index (χ4v) is 2.13. The molecule has 0 radical (unpaired) electrons. The van der Waals surface area contributed by atoms with E-state index in [2.05, 4.69) is 10.2 Å². The van der Waals surface area contributed by atoms with Crippen LogP contribution in [0.2, 0.25) is 0 Å². The van der Waals surface area contributed by atoms with Crippen LogP contribution in [-0.2, 0) is 6.54 Å². The van der Waals surface area contributed by atoms with Gasteiger partial charge >= 0.3 is 0 Å². The van der Waals surface area contributed by atoms with Gasteiger partial charge in [0, 0.05) is 12.6 Å². The maximum absolute atomic E-state index is 13.7. The van der Waals surface area contributed by atoms with Crippen molar-refractivity contribution in [2.24, 2.45) is 0 Å². The minimum absolute atomic E-state index is 0.0119. The molecular formula is C17H14FN3O2. The molecule has 0 aliphatic rings. The van der Waals surface area contributed by atoms with Gasteiger partial charge in [-0.2, -0.15) is 0 Å². The summed E-state index contributed by atoms with van der Waals surface area (Å²) in [5, 5.41) is 7.89. The minimum Gasteiger partial charge on any atom is -0.419 e. The summed E-state index contributed by atoms with van der Waals surface area (Å²) in [7, 11) is 1.56. The quantitative estimate of drug-likeness (QED) is 0.742. The third-order valence-electron chi connectivity index (χ3n) is 3.31. The Labute approximate surface area is 132 Å². The second kappa shape index (κ2) is 6.39. The van der Waals surface area contributed by atoms with E-state index in [0.29, 0.717) is 5.89 Å². The summed E-state index contributed by atoms with van der Waals surface area (Å²) >= 11 is 0. The van der Waals surface area contributed by atoms with Crippen molar-refractivity contribution >= 4 is 5.91 Å². The van der Waals surface area contributed by atoms with Crippen LogP contribution in [0, 0.1) is 5.82 Å². The normalized spacial score (nSPS) is 10.5. The Kier molecular flexibility index (Phi) is 4.14. The van der Waals surface area contributed by atoms with Crippen molar-refractivity contribution in [3.8, 4) is 11.5 Å². The third kappa shape index (κ3) is 3.26. The Bertz CT molecular complexity index is 817. The molecule has 5 nitrogen and oxygen atoms in total. The molecule has 0 saturated carbocycles. The molecule has 0 unspecified atom stereocenters. The molecular weight excluding hydrogens is 297 g/mol. The third-order valence-corrected chi connectivity index (χ3v) is 3.31. The number of rotatable bonds is 4. The number of hydrogen-bond donors (Lipinski definition) is 0. The van der Waals surface area contributed by atoms with E-state index in [1.54, 1.807) is 13.1 Å². The van der Waals surface area contributed by atoms with Crippen LogP contribution in [0.15, 0.2) is 59.0 Å². The lowest BCUT2D eigenvalue weighted by Gasteiger charge is -2.15. The first-order valence-electron chi connectivity index (χ1n) is 7.03. The lowest BCUT2D eigenvalue weighted by Crippen LogP contribution is -2.27. The molecule has 0 atom stereocenters. The lowest BCUT2D eigenvalue weighted by molar-refractivity contribution is 0.0768. The second-order valence-electron chi connectivity index (χ2n) is 5.01. The molecule has 0 saturated heterocycles. The predicted octanol–water partition coefficient (Wildman–Crippen LogP) is 3.15. The van der Waals surface area contributed by atoms with Crippen molar-refractivity contribution < 1.29 is 13.6 Å². The molecule has 2 aromatic carbocycles. The van der Waals surface area contributed by atoms with E-state index >= 15 is 0 Å². The summed E-state index contributed by atoms with van der Waals surface area (Å²) in [6.07, 6.45) is 0. The van der Waals surface area contributed by atoms with E-state index in [9.17, 15) is 9.18 Å². The van der Waals surface area contributed by atoms with Gasteiger partial charge in [0.1, 0.15) is 5.82 Å². The van der Waals surface area contributed by atoms with E-state index in [-0.39, 0.29) is 18.0 Å². The van der Waals surface area contributed by atoms with Gasteiger partial charge in [-0.05, 0) is 24.3 Å². The summed E-state index contributed by atoms with van der Waals surface area (Å²) in [6, 6.07) is 15.2. The highest BCUT2D eigenvalue weighted by molar-refractivity contribution is 5.94. The van der Waals surface area contributed by atoms with Gasteiger partial charge in [0.15, 0.2) is 0 Å². The Morgan fingerprint density at radius 2 is 1.78 bits per heavy atom. The van der Waals surface area contributed by atoms with Crippen LogP contribution >= 0.6 is 0 Å². The van der Waals surface area contributed by atoms with Crippen LogP contribution in [0.4, 0.5) is 4.39 Å². The molecule has 1 amide bonds. The fourth-order valence-electron chi connectivity index (χ4n) is 2.13. The number of halogens is 1. The fraction of sp³-hybridized carbons (Fsp3) is 0.118. The number of carbonyl (C=O) groups is 1. The van der Waals surface area contributed by atoms with Gasteiger partial charge in [0.2, 0.25) is 11.8 Å². The molecule has 116 valence electrons. The van der Waals surface area contributed by atoms with Crippen LogP contribution in [0.3, 0.4) is 0 Å². The Morgan fingerprint density at radius 3 is 2.52 bits per heavy atom. The van der Waals surface area contributed by atoms with Gasteiger partial charge in [0.25, 0.3) is 5.91 Å². The minimum atomic E-state index is -0.556. The first-order valence-corrected chi connectivity index (χ1v) is 7.03. The topological polar surface area (TPSA) is 59.2 Å². The largest absolute Gasteiger partial charge is 0.419 e. The Balaban J connectivity index is 1.74. The van der Waals surface area contributed by atoms with Gasteiger partial charge in [0.05, 0.1) is 12.1 Å². The summed E-state index contributed by atoms with van der Waals surface area (Å²) in [6.45, 7) is 0.104. The highest BCUT2D eigenvalue weighted by atomic mass is 19.1. The lowest BCUT2D eigenvalue weighted by atomic mass is 10.2. The predicted molar refractivity (Wildman–Crippen MR) is 81.9 cm³/mol. The van der Waals surface area contributed by atoms with Crippen LogP contribution in [-0.4, -0.2) is 28.1 Å².